The van der Waals surface area contributed by atoms with Crippen LogP contribution in [0.1, 0.15) is 26.3 Å². The molecular weight excluding hydrogens is 598 g/mol. The molecule has 1 saturated heterocycles. The third-order valence-electron chi connectivity index (χ3n) is 7.36. The average Bonchev–Trinajstić information content (AvgIpc) is 3.05. The number of carbonyl (C=O) groups excluding carboxylic acids is 2. The average molecular weight is 636 g/mol. The molecule has 46 heavy (non-hydrogen) atoms. The Balaban J connectivity index is 1.40. The molecule has 0 atom stereocenters. The first kappa shape index (κ1) is 33.5. The first-order chi connectivity index (χ1) is 22.1. The van der Waals surface area contributed by atoms with Crippen LogP contribution in [0.15, 0.2) is 59.6 Å². The highest BCUT2D eigenvalue weighted by Crippen LogP contribution is 2.40. The molecule has 5 N–H and O–H groups in total. The Hall–Kier alpha value is -5.41. The summed E-state index contributed by atoms with van der Waals surface area (Å²) in [6.07, 6.45) is 0. The number of benzene rings is 3. The van der Waals surface area contributed by atoms with Crippen LogP contribution in [-0.2, 0) is 6.54 Å². The Morgan fingerprint density at radius 1 is 0.913 bits per heavy atom. The number of para-hydroxylation sites is 1. The second kappa shape index (κ2) is 15.5. The van der Waals surface area contributed by atoms with E-state index in [0.29, 0.717) is 30.3 Å². The Morgan fingerprint density at radius 2 is 1.59 bits per heavy atom. The molecule has 3 aromatic carbocycles. The Labute approximate surface area is 265 Å². The SMILES string of the molecule is COc1ccc(CN2CCN(CCOc3ccc(C(=O)N=C(N)N)cc3NC(=O)c3ccccc3[N+](=O)[O-])CC2)c(OC)c1OC. The van der Waals surface area contributed by atoms with Crippen molar-refractivity contribution in [2.75, 3.05) is 66.0 Å². The molecule has 0 saturated carbocycles. The van der Waals surface area contributed by atoms with Gasteiger partial charge in [0.1, 0.15) is 17.9 Å². The maximum atomic E-state index is 13.1. The van der Waals surface area contributed by atoms with Crippen LogP contribution in [0.3, 0.4) is 0 Å². The molecule has 3 aromatic rings. The van der Waals surface area contributed by atoms with Gasteiger partial charge in [-0.3, -0.25) is 29.5 Å². The van der Waals surface area contributed by atoms with Crippen LogP contribution < -0.4 is 35.7 Å². The number of amides is 2. The predicted octanol–water partition coefficient (Wildman–Crippen LogP) is 2.48. The third kappa shape index (κ3) is 8.19. The van der Waals surface area contributed by atoms with Gasteiger partial charge in [0, 0.05) is 56.5 Å². The van der Waals surface area contributed by atoms with Crippen molar-refractivity contribution in [3.8, 4) is 23.0 Å². The highest BCUT2D eigenvalue weighted by Gasteiger charge is 2.23. The minimum Gasteiger partial charge on any atom is -0.493 e. The first-order valence-electron chi connectivity index (χ1n) is 14.3. The smallest absolute Gasteiger partial charge is 0.282 e. The number of anilines is 1. The third-order valence-corrected chi connectivity index (χ3v) is 7.36. The summed E-state index contributed by atoms with van der Waals surface area (Å²) in [5, 5.41) is 14.1. The van der Waals surface area contributed by atoms with Gasteiger partial charge in [0.2, 0.25) is 5.75 Å². The zero-order valence-corrected chi connectivity index (χ0v) is 25.9. The molecule has 0 bridgehead atoms. The largest absolute Gasteiger partial charge is 0.493 e. The molecule has 0 spiro atoms. The van der Waals surface area contributed by atoms with Crippen LogP contribution in [0, 0.1) is 10.1 Å². The topological polar surface area (TPSA) is 197 Å². The van der Waals surface area contributed by atoms with Crippen LogP contribution in [0.2, 0.25) is 0 Å². The lowest BCUT2D eigenvalue weighted by Gasteiger charge is -2.35. The molecule has 0 radical (unpaired) electrons. The predicted molar refractivity (Wildman–Crippen MR) is 171 cm³/mol. The number of hydrogen-bond donors (Lipinski definition) is 3. The summed E-state index contributed by atoms with van der Waals surface area (Å²) in [4.78, 5) is 44.5. The number of aliphatic imine (C=N–C) groups is 1. The second-order valence-corrected chi connectivity index (χ2v) is 10.2. The maximum absolute atomic E-state index is 13.1. The van der Waals surface area contributed by atoms with Gasteiger partial charge in [-0.05, 0) is 30.3 Å². The van der Waals surface area contributed by atoms with Crippen LogP contribution in [0.25, 0.3) is 0 Å². The van der Waals surface area contributed by atoms with Gasteiger partial charge in [0.25, 0.3) is 17.5 Å². The molecule has 4 rings (SSSR count). The van der Waals surface area contributed by atoms with E-state index in [9.17, 15) is 19.7 Å². The van der Waals surface area contributed by atoms with Gasteiger partial charge < -0.3 is 35.7 Å². The zero-order chi connectivity index (χ0) is 33.2. The first-order valence-corrected chi connectivity index (χ1v) is 14.3. The number of nitro benzene ring substituents is 1. The standard InChI is InChI=1S/C31H37N7O8/c1-43-26-11-9-21(27(44-2)28(26)45-3)19-37-14-12-36(13-15-37)16-17-46-25-10-8-20(29(39)35-31(32)33)18-23(25)34-30(40)22-6-4-5-7-24(22)38(41)42/h4-11,18H,12-17,19H2,1-3H3,(H,34,40)(H4,32,33,35,39). The van der Waals surface area contributed by atoms with Gasteiger partial charge in [-0.1, -0.05) is 18.2 Å². The Morgan fingerprint density at radius 3 is 2.24 bits per heavy atom. The molecule has 1 aliphatic heterocycles. The number of rotatable bonds is 13. The molecule has 15 nitrogen and oxygen atoms in total. The van der Waals surface area contributed by atoms with Crippen molar-refractivity contribution in [2.24, 2.45) is 16.5 Å². The summed E-state index contributed by atoms with van der Waals surface area (Å²) in [6, 6.07) is 13.7. The monoisotopic (exact) mass is 635 g/mol. The van der Waals surface area contributed by atoms with E-state index in [2.05, 4.69) is 20.1 Å². The number of nitro groups is 1. The number of guanidine groups is 1. The number of piperazine rings is 1. The normalized spacial score (nSPS) is 13.4. The lowest BCUT2D eigenvalue weighted by molar-refractivity contribution is -0.385. The quantitative estimate of drug-likeness (QED) is 0.108. The van der Waals surface area contributed by atoms with Gasteiger partial charge in [-0.2, -0.15) is 4.99 Å². The van der Waals surface area contributed by atoms with Crippen LogP contribution in [0.5, 0.6) is 23.0 Å². The van der Waals surface area contributed by atoms with E-state index in [4.69, 9.17) is 30.4 Å². The van der Waals surface area contributed by atoms with E-state index in [1.165, 1.54) is 42.5 Å². The number of carbonyl (C=O) groups is 2. The molecule has 1 fully saturated rings. The molecule has 0 aromatic heterocycles. The summed E-state index contributed by atoms with van der Waals surface area (Å²) in [5.74, 6) is 0.193. The Bertz CT molecular complexity index is 1600. The lowest BCUT2D eigenvalue weighted by atomic mass is 10.1. The van der Waals surface area contributed by atoms with Crippen LogP contribution in [-0.4, -0.2) is 93.2 Å². The molecular formula is C31H37N7O8. The number of methoxy groups -OCH3 is 3. The van der Waals surface area contributed by atoms with Crippen molar-refractivity contribution >= 4 is 29.1 Å². The molecule has 1 aliphatic rings. The molecule has 0 unspecified atom stereocenters. The van der Waals surface area contributed by atoms with Crippen molar-refractivity contribution in [1.82, 2.24) is 9.80 Å². The summed E-state index contributed by atoms with van der Waals surface area (Å²) < 4.78 is 22.6. The second-order valence-electron chi connectivity index (χ2n) is 10.2. The fourth-order valence-corrected chi connectivity index (χ4v) is 5.07. The zero-order valence-electron chi connectivity index (χ0n) is 25.9. The number of nitrogens with two attached hydrogens (primary N) is 2. The maximum Gasteiger partial charge on any atom is 0.282 e. The van der Waals surface area contributed by atoms with Gasteiger partial charge >= 0.3 is 0 Å². The fraction of sp³-hybridized carbons (Fsp3) is 0.323. The van der Waals surface area contributed by atoms with Crippen molar-refractivity contribution in [1.29, 1.82) is 0 Å². The van der Waals surface area contributed by atoms with Gasteiger partial charge in [-0.15, -0.1) is 0 Å². The van der Waals surface area contributed by atoms with E-state index >= 15 is 0 Å². The van der Waals surface area contributed by atoms with Gasteiger partial charge in [-0.25, -0.2) is 0 Å². The van der Waals surface area contributed by atoms with Crippen LogP contribution in [0.4, 0.5) is 11.4 Å². The van der Waals surface area contributed by atoms with Crippen molar-refractivity contribution in [3.63, 3.8) is 0 Å². The summed E-state index contributed by atoms with van der Waals surface area (Å²) in [5.41, 5.74) is 11.4. The number of ether oxygens (including phenoxy) is 4. The minimum absolute atomic E-state index is 0.0841. The molecule has 15 heteroatoms. The van der Waals surface area contributed by atoms with Gasteiger partial charge in [0.05, 0.1) is 31.9 Å². The lowest BCUT2D eigenvalue weighted by Crippen LogP contribution is -2.47. The van der Waals surface area contributed by atoms with E-state index in [-0.39, 0.29) is 34.9 Å². The highest BCUT2D eigenvalue weighted by molar-refractivity contribution is 6.09. The number of nitrogens with one attached hydrogen (secondary N) is 1. The van der Waals surface area contributed by atoms with Crippen molar-refractivity contribution in [2.45, 2.75) is 6.54 Å². The van der Waals surface area contributed by atoms with E-state index in [1.54, 1.807) is 21.3 Å². The summed E-state index contributed by atoms with van der Waals surface area (Å²) in [7, 11) is 4.77. The van der Waals surface area contributed by atoms with E-state index in [1.807, 2.05) is 12.1 Å². The van der Waals surface area contributed by atoms with Crippen molar-refractivity contribution in [3.05, 3.63) is 81.4 Å². The van der Waals surface area contributed by atoms with Crippen LogP contribution >= 0.6 is 0 Å². The Kier molecular flexibility index (Phi) is 11.3. The summed E-state index contributed by atoms with van der Waals surface area (Å²) >= 11 is 0. The highest BCUT2D eigenvalue weighted by atomic mass is 16.6. The van der Waals surface area contributed by atoms with Gasteiger partial charge in [0.15, 0.2) is 17.5 Å². The fourth-order valence-electron chi connectivity index (χ4n) is 5.07. The molecule has 0 aliphatic carbocycles. The summed E-state index contributed by atoms with van der Waals surface area (Å²) in [6.45, 7) is 4.78. The molecule has 2 amide bonds. The molecule has 244 valence electrons. The van der Waals surface area contributed by atoms with Crippen molar-refractivity contribution < 1.29 is 33.5 Å². The minimum atomic E-state index is -0.745. The number of nitrogens with zero attached hydrogens (tertiary/aromatic N) is 4. The van der Waals surface area contributed by atoms with E-state index < -0.39 is 22.7 Å². The van der Waals surface area contributed by atoms with E-state index in [0.717, 1.165) is 31.7 Å². The number of hydrogen-bond acceptors (Lipinski definition) is 10. The molecule has 1 heterocycles.